The van der Waals surface area contributed by atoms with Crippen LogP contribution >= 0.6 is 27.5 Å². The van der Waals surface area contributed by atoms with E-state index in [-0.39, 0.29) is 0 Å². The van der Waals surface area contributed by atoms with Crippen molar-refractivity contribution in [2.75, 3.05) is 0 Å². The zero-order valence-electron chi connectivity index (χ0n) is 9.08. The second kappa shape index (κ2) is 4.32. The third-order valence-corrected chi connectivity index (χ3v) is 4.10. The fourth-order valence-corrected chi connectivity index (χ4v) is 3.38. The molecule has 0 N–H and O–H groups in total. The molecule has 17 heavy (non-hydrogen) atoms. The molecule has 0 fully saturated rings. The van der Waals surface area contributed by atoms with Crippen LogP contribution in [0.2, 0.25) is 5.02 Å². The van der Waals surface area contributed by atoms with Gasteiger partial charge < -0.3 is 0 Å². The van der Waals surface area contributed by atoms with Gasteiger partial charge >= 0.3 is 0 Å². The monoisotopic (exact) mass is 304 g/mol. The zero-order chi connectivity index (χ0) is 11.8. The van der Waals surface area contributed by atoms with Gasteiger partial charge in [-0.05, 0) is 21.7 Å². The predicted molar refractivity (Wildman–Crippen MR) is 79.1 cm³/mol. The Bertz CT molecular complexity index is 704. The van der Waals surface area contributed by atoms with Crippen LogP contribution in [-0.4, -0.2) is 0 Å². The van der Waals surface area contributed by atoms with Crippen molar-refractivity contribution in [3.05, 3.63) is 59.1 Å². The minimum Gasteiger partial charge on any atom is -0.0875 e. The molecule has 3 rings (SSSR count). The van der Waals surface area contributed by atoms with Crippen LogP contribution in [0.1, 0.15) is 5.56 Å². The third-order valence-electron chi connectivity index (χ3n) is 3.10. The van der Waals surface area contributed by atoms with E-state index < -0.39 is 0 Å². The molecule has 0 unspecified atom stereocenters. The first-order valence-electron chi connectivity index (χ1n) is 5.46. The largest absolute Gasteiger partial charge is 0.0875 e. The first kappa shape index (κ1) is 11.1. The molecule has 0 aromatic heterocycles. The molecular formula is C15H10BrCl. The first-order chi connectivity index (χ1) is 8.33. The van der Waals surface area contributed by atoms with Crippen molar-refractivity contribution in [3.8, 4) is 0 Å². The number of fused-ring (bicyclic) bond motifs is 3. The van der Waals surface area contributed by atoms with Gasteiger partial charge in [0, 0.05) is 10.7 Å². The lowest BCUT2D eigenvalue weighted by Crippen LogP contribution is -1.87. The van der Waals surface area contributed by atoms with E-state index in [0.29, 0.717) is 0 Å². The molecule has 0 aliphatic carbocycles. The highest BCUT2D eigenvalue weighted by Gasteiger charge is 2.10. The SMILES string of the molecule is Clc1c(CBr)c2ccccc2c2ccccc12. The molecule has 0 spiro atoms. The van der Waals surface area contributed by atoms with E-state index in [9.17, 15) is 0 Å². The Kier molecular flexibility index (Phi) is 2.81. The minimum atomic E-state index is 0.775. The zero-order valence-corrected chi connectivity index (χ0v) is 11.4. The molecule has 0 atom stereocenters. The van der Waals surface area contributed by atoms with Gasteiger partial charge in [0.2, 0.25) is 0 Å². The van der Waals surface area contributed by atoms with E-state index in [4.69, 9.17) is 11.6 Å². The van der Waals surface area contributed by atoms with Gasteiger partial charge in [0.1, 0.15) is 0 Å². The summed E-state index contributed by atoms with van der Waals surface area (Å²) in [5.74, 6) is 0. The van der Waals surface area contributed by atoms with E-state index in [0.717, 1.165) is 15.7 Å². The first-order valence-corrected chi connectivity index (χ1v) is 6.96. The Morgan fingerprint density at radius 1 is 0.765 bits per heavy atom. The minimum absolute atomic E-state index is 0.775. The molecule has 0 aliphatic rings. The average Bonchev–Trinajstić information content (AvgIpc) is 2.40. The Hall–Kier alpha value is -1.05. The summed E-state index contributed by atoms with van der Waals surface area (Å²) >= 11 is 10.0. The van der Waals surface area contributed by atoms with Crippen LogP contribution in [0.25, 0.3) is 21.5 Å². The van der Waals surface area contributed by atoms with Crippen LogP contribution in [0.3, 0.4) is 0 Å². The van der Waals surface area contributed by atoms with E-state index in [2.05, 4.69) is 58.4 Å². The Morgan fingerprint density at radius 2 is 1.24 bits per heavy atom. The van der Waals surface area contributed by atoms with Crippen molar-refractivity contribution in [2.24, 2.45) is 0 Å². The molecule has 0 nitrogen and oxygen atoms in total. The summed E-state index contributed by atoms with van der Waals surface area (Å²) in [6.45, 7) is 0. The van der Waals surface area contributed by atoms with Crippen molar-refractivity contribution < 1.29 is 0 Å². The number of benzene rings is 3. The predicted octanol–water partition coefficient (Wildman–Crippen LogP) is 5.54. The van der Waals surface area contributed by atoms with Crippen LogP contribution in [0.5, 0.6) is 0 Å². The van der Waals surface area contributed by atoms with Crippen molar-refractivity contribution in [1.29, 1.82) is 0 Å². The lowest BCUT2D eigenvalue weighted by atomic mass is 9.98. The number of halogens is 2. The third kappa shape index (κ3) is 1.65. The van der Waals surface area contributed by atoms with Crippen LogP contribution in [-0.2, 0) is 5.33 Å². The molecular weight excluding hydrogens is 296 g/mol. The average molecular weight is 306 g/mol. The topological polar surface area (TPSA) is 0 Å². The summed E-state index contributed by atoms with van der Waals surface area (Å²) < 4.78 is 0. The van der Waals surface area contributed by atoms with E-state index in [1.165, 1.54) is 21.7 Å². The fraction of sp³-hybridized carbons (Fsp3) is 0.0667. The molecule has 0 heterocycles. The number of hydrogen-bond donors (Lipinski definition) is 0. The normalized spacial score (nSPS) is 11.2. The van der Waals surface area contributed by atoms with Crippen LogP contribution in [0.4, 0.5) is 0 Å². The lowest BCUT2D eigenvalue weighted by Gasteiger charge is -2.11. The van der Waals surface area contributed by atoms with Crippen LogP contribution in [0, 0.1) is 0 Å². The Labute approximate surface area is 113 Å². The summed E-state index contributed by atoms with van der Waals surface area (Å²) in [6.07, 6.45) is 0. The van der Waals surface area contributed by atoms with E-state index in [1.807, 2.05) is 6.07 Å². The van der Waals surface area contributed by atoms with Crippen molar-refractivity contribution in [3.63, 3.8) is 0 Å². The van der Waals surface area contributed by atoms with Gasteiger partial charge in [-0.2, -0.15) is 0 Å². The number of alkyl halides is 1. The summed E-state index contributed by atoms with van der Waals surface area (Å²) in [5.41, 5.74) is 1.17. The number of hydrogen-bond acceptors (Lipinski definition) is 0. The molecule has 0 aliphatic heterocycles. The fourth-order valence-electron chi connectivity index (χ4n) is 2.30. The van der Waals surface area contributed by atoms with Gasteiger partial charge in [-0.15, -0.1) is 0 Å². The summed E-state index contributed by atoms with van der Waals surface area (Å²) in [7, 11) is 0. The highest BCUT2D eigenvalue weighted by atomic mass is 79.9. The highest BCUT2D eigenvalue weighted by molar-refractivity contribution is 9.08. The summed E-state index contributed by atoms with van der Waals surface area (Å²) in [5, 5.41) is 6.48. The summed E-state index contributed by atoms with van der Waals surface area (Å²) in [4.78, 5) is 0. The molecule has 3 aromatic carbocycles. The second-order valence-corrected chi connectivity index (χ2v) is 4.96. The molecule has 0 saturated heterocycles. The van der Waals surface area contributed by atoms with Crippen LogP contribution in [0.15, 0.2) is 48.5 Å². The van der Waals surface area contributed by atoms with Crippen molar-refractivity contribution in [1.82, 2.24) is 0 Å². The molecule has 0 amide bonds. The van der Waals surface area contributed by atoms with Gasteiger partial charge in [0.25, 0.3) is 0 Å². The van der Waals surface area contributed by atoms with Gasteiger partial charge in [-0.1, -0.05) is 76.1 Å². The maximum atomic E-state index is 6.49. The van der Waals surface area contributed by atoms with E-state index >= 15 is 0 Å². The molecule has 84 valence electrons. The van der Waals surface area contributed by atoms with E-state index in [1.54, 1.807) is 0 Å². The summed E-state index contributed by atoms with van der Waals surface area (Å²) in [6, 6.07) is 16.7. The highest BCUT2D eigenvalue weighted by Crippen LogP contribution is 2.36. The smallest absolute Gasteiger partial charge is 0.0531 e. The maximum Gasteiger partial charge on any atom is 0.0531 e. The molecule has 0 bridgehead atoms. The van der Waals surface area contributed by atoms with Gasteiger partial charge in [0.15, 0.2) is 0 Å². The molecule has 0 radical (unpaired) electrons. The second-order valence-electron chi connectivity index (χ2n) is 4.02. The standard InChI is InChI=1S/C15H10BrCl/c16-9-14-12-7-2-1-5-10(12)11-6-3-4-8-13(11)15(14)17/h1-8H,9H2. The molecule has 2 heteroatoms. The Balaban J connectivity index is 2.64. The Morgan fingerprint density at radius 3 is 1.82 bits per heavy atom. The maximum absolute atomic E-state index is 6.49. The van der Waals surface area contributed by atoms with Crippen LogP contribution < -0.4 is 0 Å². The van der Waals surface area contributed by atoms with Crippen molar-refractivity contribution >= 4 is 49.1 Å². The quantitative estimate of drug-likeness (QED) is 0.409. The molecule has 0 saturated carbocycles. The molecule has 3 aromatic rings. The van der Waals surface area contributed by atoms with Gasteiger partial charge in [0.05, 0.1) is 5.02 Å². The lowest BCUT2D eigenvalue weighted by molar-refractivity contribution is 1.51. The van der Waals surface area contributed by atoms with Gasteiger partial charge in [-0.3, -0.25) is 0 Å². The van der Waals surface area contributed by atoms with Gasteiger partial charge in [-0.25, -0.2) is 0 Å². The van der Waals surface area contributed by atoms with Crippen molar-refractivity contribution in [2.45, 2.75) is 5.33 Å². The number of rotatable bonds is 1.